The first kappa shape index (κ1) is 14.7. The number of ketones is 1. The van der Waals surface area contributed by atoms with Gasteiger partial charge >= 0.3 is 0 Å². The van der Waals surface area contributed by atoms with Crippen molar-refractivity contribution in [1.82, 2.24) is 4.90 Å². The maximum atomic E-state index is 11.6. The van der Waals surface area contributed by atoms with E-state index < -0.39 is 0 Å². The SMILES string of the molecule is CCC(CC)N(CC(C)C)C1CCCC(=O)C1. The molecule has 0 aliphatic heterocycles. The summed E-state index contributed by atoms with van der Waals surface area (Å²) in [5, 5.41) is 0. The van der Waals surface area contributed by atoms with Crippen LogP contribution in [-0.4, -0.2) is 29.3 Å². The molecule has 1 atom stereocenters. The van der Waals surface area contributed by atoms with Crippen molar-refractivity contribution in [2.45, 2.75) is 78.3 Å². The van der Waals surface area contributed by atoms with Crippen LogP contribution in [0.3, 0.4) is 0 Å². The molecule has 17 heavy (non-hydrogen) atoms. The van der Waals surface area contributed by atoms with E-state index in [0.29, 0.717) is 23.8 Å². The molecule has 2 nitrogen and oxygen atoms in total. The summed E-state index contributed by atoms with van der Waals surface area (Å²) in [4.78, 5) is 14.3. The third-order valence-corrected chi connectivity index (χ3v) is 3.91. The van der Waals surface area contributed by atoms with Crippen LogP contribution in [0.15, 0.2) is 0 Å². The average Bonchev–Trinajstić information content (AvgIpc) is 2.29. The predicted molar refractivity (Wildman–Crippen MR) is 73.2 cm³/mol. The molecular weight excluding hydrogens is 210 g/mol. The summed E-state index contributed by atoms with van der Waals surface area (Å²) in [6, 6.07) is 1.18. The molecule has 1 aliphatic rings. The van der Waals surface area contributed by atoms with Crippen LogP contribution in [0.25, 0.3) is 0 Å². The number of hydrogen-bond acceptors (Lipinski definition) is 2. The molecule has 1 saturated carbocycles. The predicted octanol–water partition coefficient (Wildman–Crippen LogP) is 3.64. The van der Waals surface area contributed by atoms with Crippen LogP contribution in [-0.2, 0) is 4.79 Å². The first-order valence-corrected chi connectivity index (χ1v) is 7.35. The minimum absolute atomic E-state index is 0.473. The lowest BCUT2D eigenvalue weighted by Gasteiger charge is -2.40. The molecule has 0 spiro atoms. The van der Waals surface area contributed by atoms with Crippen LogP contribution < -0.4 is 0 Å². The van der Waals surface area contributed by atoms with E-state index in [0.717, 1.165) is 25.8 Å². The van der Waals surface area contributed by atoms with Crippen molar-refractivity contribution >= 4 is 5.78 Å². The molecule has 0 heterocycles. The van der Waals surface area contributed by atoms with E-state index in [1.165, 1.54) is 19.3 Å². The lowest BCUT2D eigenvalue weighted by atomic mass is 9.90. The van der Waals surface area contributed by atoms with Gasteiger partial charge in [0.2, 0.25) is 0 Å². The Kier molecular flexibility index (Phi) is 6.18. The summed E-state index contributed by atoms with van der Waals surface area (Å²) in [7, 11) is 0. The van der Waals surface area contributed by atoms with Gasteiger partial charge in [-0.15, -0.1) is 0 Å². The highest BCUT2D eigenvalue weighted by Gasteiger charge is 2.29. The quantitative estimate of drug-likeness (QED) is 0.705. The normalized spacial score (nSPS) is 21.8. The Balaban J connectivity index is 2.69. The van der Waals surface area contributed by atoms with E-state index in [1.54, 1.807) is 0 Å². The molecule has 0 bridgehead atoms. The maximum Gasteiger partial charge on any atom is 0.134 e. The second-order valence-electron chi connectivity index (χ2n) is 5.85. The standard InChI is InChI=1S/C15H29NO/c1-5-13(6-2)16(11-12(3)4)14-8-7-9-15(17)10-14/h12-14H,5-11H2,1-4H3. The molecule has 100 valence electrons. The monoisotopic (exact) mass is 239 g/mol. The van der Waals surface area contributed by atoms with E-state index in [4.69, 9.17) is 0 Å². The minimum Gasteiger partial charge on any atom is -0.300 e. The molecule has 1 unspecified atom stereocenters. The Morgan fingerprint density at radius 3 is 2.41 bits per heavy atom. The number of nitrogens with zero attached hydrogens (tertiary/aromatic N) is 1. The zero-order valence-corrected chi connectivity index (χ0v) is 12.0. The molecule has 0 aromatic heterocycles. The second-order valence-corrected chi connectivity index (χ2v) is 5.85. The highest BCUT2D eigenvalue weighted by Crippen LogP contribution is 2.25. The zero-order chi connectivity index (χ0) is 12.8. The van der Waals surface area contributed by atoms with Gasteiger partial charge in [-0.3, -0.25) is 9.69 Å². The number of Topliss-reactive ketones (excluding diaryl/α,β-unsaturated/α-hetero) is 1. The molecule has 1 rings (SSSR count). The van der Waals surface area contributed by atoms with Gasteiger partial charge in [-0.2, -0.15) is 0 Å². The molecular formula is C15H29NO. The van der Waals surface area contributed by atoms with E-state index in [-0.39, 0.29) is 0 Å². The zero-order valence-electron chi connectivity index (χ0n) is 12.0. The van der Waals surface area contributed by atoms with Crippen LogP contribution in [0.1, 0.15) is 66.2 Å². The fraction of sp³-hybridized carbons (Fsp3) is 0.933. The summed E-state index contributed by atoms with van der Waals surface area (Å²) >= 11 is 0. The van der Waals surface area contributed by atoms with Gasteiger partial charge < -0.3 is 0 Å². The molecule has 2 heteroatoms. The number of carbonyl (C=O) groups excluding carboxylic acids is 1. The van der Waals surface area contributed by atoms with Gasteiger partial charge in [0.15, 0.2) is 0 Å². The average molecular weight is 239 g/mol. The van der Waals surface area contributed by atoms with Crippen LogP contribution in [0, 0.1) is 5.92 Å². The number of hydrogen-bond donors (Lipinski definition) is 0. The Labute approximate surface area is 107 Å². The molecule has 0 saturated heterocycles. The largest absolute Gasteiger partial charge is 0.300 e. The highest BCUT2D eigenvalue weighted by molar-refractivity contribution is 5.79. The summed E-state index contributed by atoms with van der Waals surface area (Å²) < 4.78 is 0. The number of rotatable bonds is 6. The van der Waals surface area contributed by atoms with Crippen molar-refractivity contribution < 1.29 is 4.79 Å². The lowest BCUT2D eigenvalue weighted by molar-refractivity contribution is -0.122. The minimum atomic E-state index is 0.473. The molecule has 1 aliphatic carbocycles. The Morgan fingerprint density at radius 2 is 1.94 bits per heavy atom. The van der Waals surface area contributed by atoms with Crippen LogP contribution in [0.5, 0.6) is 0 Å². The number of carbonyl (C=O) groups is 1. The topological polar surface area (TPSA) is 20.3 Å². The molecule has 1 fully saturated rings. The Hall–Kier alpha value is -0.370. The molecule has 0 N–H and O–H groups in total. The van der Waals surface area contributed by atoms with Crippen molar-refractivity contribution in [2.24, 2.45) is 5.92 Å². The molecule has 0 amide bonds. The van der Waals surface area contributed by atoms with Crippen LogP contribution in [0.4, 0.5) is 0 Å². The Bertz CT molecular complexity index is 233. The van der Waals surface area contributed by atoms with Crippen molar-refractivity contribution in [3.8, 4) is 0 Å². The first-order valence-electron chi connectivity index (χ1n) is 7.35. The van der Waals surface area contributed by atoms with Crippen molar-refractivity contribution in [3.05, 3.63) is 0 Å². The Morgan fingerprint density at radius 1 is 1.29 bits per heavy atom. The van der Waals surface area contributed by atoms with Crippen molar-refractivity contribution in [1.29, 1.82) is 0 Å². The maximum absolute atomic E-state index is 11.6. The first-order chi connectivity index (χ1) is 8.08. The van der Waals surface area contributed by atoms with Gasteiger partial charge in [0.05, 0.1) is 0 Å². The molecule has 0 radical (unpaired) electrons. The van der Waals surface area contributed by atoms with E-state index >= 15 is 0 Å². The molecule has 0 aromatic carbocycles. The summed E-state index contributed by atoms with van der Waals surface area (Å²) in [6.07, 6.45) is 6.33. The van der Waals surface area contributed by atoms with E-state index in [9.17, 15) is 4.79 Å². The lowest BCUT2D eigenvalue weighted by Crippen LogP contribution is -2.46. The summed E-state index contributed by atoms with van der Waals surface area (Å²) in [5.41, 5.74) is 0. The highest BCUT2D eigenvalue weighted by atomic mass is 16.1. The summed E-state index contributed by atoms with van der Waals surface area (Å²) in [6.45, 7) is 10.2. The van der Waals surface area contributed by atoms with Crippen molar-refractivity contribution in [2.75, 3.05) is 6.54 Å². The van der Waals surface area contributed by atoms with E-state index in [2.05, 4.69) is 32.6 Å². The van der Waals surface area contributed by atoms with Gasteiger partial charge in [-0.05, 0) is 31.6 Å². The third kappa shape index (κ3) is 4.42. The van der Waals surface area contributed by atoms with Gasteiger partial charge in [-0.25, -0.2) is 0 Å². The van der Waals surface area contributed by atoms with Gasteiger partial charge in [-0.1, -0.05) is 27.7 Å². The van der Waals surface area contributed by atoms with Crippen LogP contribution in [0.2, 0.25) is 0 Å². The van der Waals surface area contributed by atoms with Gasteiger partial charge in [0.25, 0.3) is 0 Å². The fourth-order valence-corrected chi connectivity index (χ4v) is 3.06. The van der Waals surface area contributed by atoms with E-state index in [1.807, 2.05) is 0 Å². The van der Waals surface area contributed by atoms with Crippen LogP contribution >= 0.6 is 0 Å². The van der Waals surface area contributed by atoms with Crippen molar-refractivity contribution in [3.63, 3.8) is 0 Å². The fourth-order valence-electron chi connectivity index (χ4n) is 3.06. The third-order valence-electron chi connectivity index (χ3n) is 3.91. The summed E-state index contributed by atoms with van der Waals surface area (Å²) in [5.74, 6) is 1.16. The second kappa shape index (κ2) is 7.15. The smallest absolute Gasteiger partial charge is 0.134 e. The van der Waals surface area contributed by atoms with Gasteiger partial charge in [0, 0.05) is 31.5 Å². The van der Waals surface area contributed by atoms with Gasteiger partial charge in [0.1, 0.15) is 5.78 Å². The molecule has 0 aromatic rings.